The SMILES string of the molecule is C=C(c1cccc(COC2CCCCO2)c1)c1cccc(COC2CCCCO2)c1. The van der Waals surface area contributed by atoms with E-state index in [1.807, 2.05) is 0 Å². The first-order valence-corrected chi connectivity index (χ1v) is 11.1. The molecule has 0 aliphatic carbocycles. The predicted molar refractivity (Wildman–Crippen MR) is 118 cm³/mol. The first-order valence-electron chi connectivity index (χ1n) is 11.1. The molecule has 4 nitrogen and oxygen atoms in total. The number of hydrogen-bond acceptors (Lipinski definition) is 4. The molecule has 4 rings (SSSR count). The molecule has 0 radical (unpaired) electrons. The lowest BCUT2D eigenvalue weighted by Crippen LogP contribution is -2.22. The maximum Gasteiger partial charge on any atom is 0.158 e. The molecule has 0 aromatic heterocycles. The number of hydrogen-bond donors (Lipinski definition) is 0. The predicted octanol–water partition coefficient (Wildman–Crippen LogP) is 5.83. The van der Waals surface area contributed by atoms with E-state index in [9.17, 15) is 0 Å². The molecule has 2 unspecified atom stereocenters. The Morgan fingerprint density at radius 1 is 0.767 bits per heavy atom. The molecule has 2 aliphatic rings. The summed E-state index contributed by atoms with van der Waals surface area (Å²) in [7, 11) is 0. The minimum atomic E-state index is -0.0737. The summed E-state index contributed by atoms with van der Waals surface area (Å²) >= 11 is 0. The molecule has 0 N–H and O–H groups in total. The number of benzene rings is 2. The van der Waals surface area contributed by atoms with Crippen LogP contribution in [0.4, 0.5) is 0 Å². The summed E-state index contributed by atoms with van der Waals surface area (Å²) in [5.41, 5.74) is 5.48. The van der Waals surface area contributed by atoms with Gasteiger partial charge in [-0.25, -0.2) is 0 Å². The third-order valence-electron chi connectivity index (χ3n) is 5.70. The van der Waals surface area contributed by atoms with Crippen LogP contribution in [-0.2, 0) is 32.2 Å². The smallest absolute Gasteiger partial charge is 0.158 e. The fourth-order valence-electron chi connectivity index (χ4n) is 3.93. The highest BCUT2D eigenvalue weighted by Crippen LogP contribution is 2.25. The van der Waals surface area contributed by atoms with Crippen molar-refractivity contribution in [2.45, 2.75) is 64.3 Å². The molecule has 30 heavy (non-hydrogen) atoms. The second-order valence-electron chi connectivity index (χ2n) is 8.09. The summed E-state index contributed by atoms with van der Waals surface area (Å²) in [6.45, 7) is 7.06. The largest absolute Gasteiger partial charge is 0.353 e. The van der Waals surface area contributed by atoms with Crippen LogP contribution in [0.25, 0.3) is 5.57 Å². The second-order valence-corrected chi connectivity index (χ2v) is 8.09. The summed E-state index contributed by atoms with van der Waals surface area (Å²) < 4.78 is 23.2. The Morgan fingerprint density at radius 2 is 1.27 bits per heavy atom. The van der Waals surface area contributed by atoms with Gasteiger partial charge in [0.2, 0.25) is 0 Å². The van der Waals surface area contributed by atoms with Gasteiger partial charge in [-0.05, 0) is 78.5 Å². The summed E-state index contributed by atoms with van der Waals surface area (Å²) in [4.78, 5) is 0. The lowest BCUT2D eigenvalue weighted by atomic mass is 9.97. The van der Waals surface area contributed by atoms with Crippen molar-refractivity contribution in [1.29, 1.82) is 0 Å². The summed E-state index contributed by atoms with van der Waals surface area (Å²) in [5, 5.41) is 0. The molecule has 0 bridgehead atoms. The van der Waals surface area contributed by atoms with E-state index in [-0.39, 0.29) is 12.6 Å². The van der Waals surface area contributed by atoms with Gasteiger partial charge >= 0.3 is 0 Å². The van der Waals surface area contributed by atoms with Crippen LogP contribution in [0.15, 0.2) is 55.1 Å². The Hall–Kier alpha value is -1.98. The minimum absolute atomic E-state index is 0.0737. The zero-order valence-electron chi connectivity index (χ0n) is 17.7. The molecule has 160 valence electrons. The first-order chi connectivity index (χ1) is 14.8. The van der Waals surface area contributed by atoms with Crippen molar-refractivity contribution in [3.8, 4) is 0 Å². The topological polar surface area (TPSA) is 36.9 Å². The molecule has 0 saturated carbocycles. The van der Waals surface area contributed by atoms with Crippen LogP contribution in [0.1, 0.15) is 60.8 Å². The molecule has 0 amide bonds. The van der Waals surface area contributed by atoms with E-state index in [2.05, 4.69) is 55.1 Å². The lowest BCUT2D eigenvalue weighted by Gasteiger charge is -2.23. The van der Waals surface area contributed by atoms with Crippen LogP contribution >= 0.6 is 0 Å². The van der Waals surface area contributed by atoms with Gasteiger partial charge in [0.25, 0.3) is 0 Å². The van der Waals surface area contributed by atoms with Crippen molar-refractivity contribution in [2.24, 2.45) is 0 Å². The lowest BCUT2D eigenvalue weighted by molar-refractivity contribution is -0.169. The van der Waals surface area contributed by atoms with Gasteiger partial charge in [-0.3, -0.25) is 0 Å². The molecular weight excluding hydrogens is 376 g/mol. The molecule has 2 aromatic rings. The highest BCUT2D eigenvalue weighted by Gasteiger charge is 2.15. The van der Waals surface area contributed by atoms with Gasteiger partial charge in [0.15, 0.2) is 12.6 Å². The molecular formula is C26H32O4. The van der Waals surface area contributed by atoms with Crippen molar-refractivity contribution < 1.29 is 18.9 Å². The van der Waals surface area contributed by atoms with Gasteiger partial charge in [-0.1, -0.05) is 43.0 Å². The normalized spacial score (nSPS) is 22.0. The average molecular weight is 409 g/mol. The highest BCUT2D eigenvalue weighted by molar-refractivity contribution is 5.78. The second kappa shape index (κ2) is 10.9. The van der Waals surface area contributed by atoms with E-state index in [1.165, 1.54) is 12.8 Å². The molecule has 2 atom stereocenters. The molecule has 4 heteroatoms. The Morgan fingerprint density at radius 3 is 1.70 bits per heavy atom. The van der Waals surface area contributed by atoms with Crippen molar-refractivity contribution >= 4 is 5.57 Å². The zero-order valence-corrected chi connectivity index (χ0v) is 17.7. The van der Waals surface area contributed by atoms with E-state index in [1.54, 1.807) is 0 Å². The molecule has 2 heterocycles. The summed E-state index contributed by atoms with van der Waals surface area (Å²) in [6, 6.07) is 16.8. The van der Waals surface area contributed by atoms with Crippen molar-refractivity contribution in [3.63, 3.8) is 0 Å². The van der Waals surface area contributed by atoms with Gasteiger partial charge in [0.05, 0.1) is 13.2 Å². The van der Waals surface area contributed by atoms with E-state index in [4.69, 9.17) is 18.9 Å². The molecule has 2 saturated heterocycles. The first kappa shape index (κ1) is 21.3. The minimum Gasteiger partial charge on any atom is -0.353 e. The third-order valence-corrected chi connectivity index (χ3v) is 5.70. The van der Waals surface area contributed by atoms with Crippen LogP contribution in [-0.4, -0.2) is 25.8 Å². The third kappa shape index (κ3) is 6.02. The Balaban J connectivity index is 1.36. The monoisotopic (exact) mass is 408 g/mol. The van der Waals surface area contributed by atoms with E-state index < -0.39 is 0 Å². The maximum atomic E-state index is 5.94. The molecule has 2 aromatic carbocycles. The quantitative estimate of drug-likeness (QED) is 0.550. The van der Waals surface area contributed by atoms with Gasteiger partial charge in [0, 0.05) is 13.2 Å². The van der Waals surface area contributed by atoms with Gasteiger partial charge < -0.3 is 18.9 Å². The van der Waals surface area contributed by atoms with Gasteiger partial charge in [0.1, 0.15) is 0 Å². The van der Waals surface area contributed by atoms with Gasteiger partial charge in [-0.15, -0.1) is 0 Å². The Bertz CT molecular complexity index is 752. The zero-order chi connectivity index (χ0) is 20.6. The molecule has 0 spiro atoms. The number of rotatable bonds is 8. The van der Waals surface area contributed by atoms with E-state index >= 15 is 0 Å². The van der Waals surface area contributed by atoms with Gasteiger partial charge in [-0.2, -0.15) is 0 Å². The van der Waals surface area contributed by atoms with Crippen LogP contribution in [0.3, 0.4) is 0 Å². The fraction of sp³-hybridized carbons (Fsp3) is 0.462. The van der Waals surface area contributed by atoms with E-state index in [0.717, 1.165) is 66.7 Å². The van der Waals surface area contributed by atoms with Crippen molar-refractivity contribution in [2.75, 3.05) is 13.2 Å². The van der Waals surface area contributed by atoms with Crippen LogP contribution in [0.5, 0.6) is 0 Å². The average Bonchev–Trinajstić information content (AvgIpc) is 2.83. The maximum absolute atomic E-state index is 5.94. The highest BCUT2D eigenvalue weighted by atomic mass is 16.7. The van der Waals surface area contributed by atoms with Crippen LogP contribution in [0, 0.1) is 0 Å². The van der Waals surface area contributed by atoms with Crippen molar-refractivity contribution in [3.05, 3.63) is 77.4 Å². The van der Waals surface area contributed by atoms with Crippen LogP contribution < -0.4 is 0 Å². The van der Waals surface area contributed by atoms with Crippen LogP contribution in [0.2, 0.25) is 0 Å². The molecule has 2 fully saturated rings. The standard InChI is InChI=1S/C26H32O4/c1-20(23-10-6-8-21(16-23)18-29-25-12-2-4-14-27-25)24-11-7-9-22(17-24)19-30-26-13-3-5-15-28-26/h6-11,16-17,25-26H,1-5,12-15,18-19H2. The summed E-state index contributed by atoms with van der Waals surface area (Å²) in [5.74, 6) is 0. The Labute approximate surface area is 179 Å². The summed E-state index contributed by atoms with van der Waals surface area (Å²) in [6.07, 6.45) is 6.43. The molecule has 2 aliphatic heterocycles. The van der Waals surface area contributed by atoms with E-state index in [0.29, 0.717) is 13.2 Å². The Kier molecular flexibility index (Phi) is 7.70. The van der Waals surface area contributed by atoms with Crippen molar-refractivity contribution in [1.82, 2.24) is 0 Å². The fourth-order valence-corrected chi connectivity index (χ4v) is 3.93. The number of ether oxygens (including phenoxy) is 4.